The van der Waals surface area contributed by atoms with Crippen molar-refractivity contribution in [1.82, 2.24) is 0 Å². The van der Waals surface area contributed by atoms with Crippen molar-refractivity contribution in [1.29, 1.82) is 0 Å². The van der Waals surface area contributed by atoms with Crippen LogP contribution in [0.4, 0.5) is 0 Å². The lowest BCUT2D eigenvalue weighted by Gasteiger charge is -2.38. The molecule has 0 amide bonds. The van der Waals surface area contributed by atoms with Crippen LogP contribution in [0, 0.1) is 0 Å². The average Bonchev–Trinajstić information content (AvgIpc) is 3.47. The zero-order valence-electron chi connectivity index (χ0n) is 19.9. The van der Waals surface area contributed by atoms with Gasteiger partial charge in [0.15, 0.2) is 18.9 Å². The van der Waals surface area contributed by atoms with Crippen LogP contribution in [0.25, 0.3) is 0 Å². The lowest BCUT2D eigenvalue weighted by atomic mass is 10.0. The standard InChI is InChI=1S/C26H28O10/c1-3-30-22(28)14-5-9-16(10-6-14)24-32-18(13-27)19-20(34-24)21-26(33-19)36-25(35-21)17-11-7-15(8-12-17)23(29)31-4-2/h5-12,18-21,24-27H,3-4,13H2,1-2H3. The fraction of sp³-hybridized carbons (Fsp3) is 0.462. The molecule has 0 saturated carbocycles. The van der Waals surface area contributed by atoms with E-state index in [9.17, 15) is 14.7 Å². The second kappa shape index (κ2) is 10.6. The molecule has 2 aromatic rings. The summed E-state index contributed by atoms with van der Waals surface area (Å²) in [4.78, 5) is 23.9. The number of fused-ring (bicyclic) bond motifs is 3. The minimum absolute atomic E-state index is 0.278. The lowest BCUT2D eigenvalue weighted by molar-refractivity contribution is -0.305. The molecule has 2 aromatic carbocycles. The van der Waals surface area contributed by atoms with Crippen LogP contribution in [-0.2, 0) is 33.2 Å². The van der Waals surface area contributed by atoms with Crippen molar-refractivity contribution in [2.75, 3.05) is 19.8 Å². The van der Waals surface area contributed by atoms with Crippen molar-refractivity contribution in [3.63, 3.8) is 0 Å². The monoisotopic (exact) mass is 500 g/mol. The number of esters is 2. The topological polar surface area (TPSA) is 119 Å². The first-order chi connectivity index (χ1) is 17.5. The van der Waals surface area contributed by atoms with Gasteiger partial charge in [0.2, 0.25) is 0 Å². The minimum atomic E-state index is -0.798. The molecule has 3 aliphatic heterocycles. The van der Waals surface area contributed by atoms with Gasteiger partial charge in [0.05, 0.1) is 30.9 Å². The van der Waals surface area contributed by atoms with Gasteiger partial charge in [-0.3, -0.25) is 0 Å². The summed E-state index contributed by atoms with van der Waals surface area (Å²) in [6.07, 6.45) is -4.56. The average molecular weight is 501 g/mol. The molecule has 192 valence electrons. The van der Waals surface area contributed by atoms with Crippen molar-refractivity contribution in [2.24, 2.45) is 0 Å². The molecule has 3 heterocycles. The van der Waals surface area contributed by atoms with Crippen LogP contribution in [0.3, 0.4) is 0 Å². The zero-order chi connectivity index (χ0) is 25.2. The van der Waals surface area contributed by atoms with Crippen LogP contribution in [0.1, 0.15) is 58.3 Å². The quantitative estimate of drug-likeness (QED) is 0.568. The highest BCUT2D eigenvalue weighted by Crippen LogP contribution is 2.45. The molecule has 7 atom stereocenters. The van der Waals surface area contributed by atoms with E-state index in [0.29, 0.717) is 23.3 Å². The fourth-order valence-electron chi connectivity index (χ4n) is 4.51. The third-order valence-corrected chi connectivity index (χ3v) is 6.26. The molecule has 7 unspecified atom stereocenters. The van der Waals surface area contributed by atoms with Crippen LogP contribution in [0.5, 0.6) is 0 Å². The summed E-state index contributed by atoms with van der Waals surface area (Å²) in [5, 5.41) is 9.94. The van der Waals surface area contributed by atoms with E-state index in [1.54, 1.807) is 62.4 Å². The Morgan fingerprint density at radius 2 is 1.19 bits per heavy atom. The predicted molar refractivity (Wildman–Crippen MR) is 122 cm³/mol. The highest BCUT2D eigenvalue weighted by molar-refractivity contribution is 5.89. The largest absolute Gasteiger partial charge is 0.462 e. The van der Waals surface area contributed by atoms with Crippen LogP contribution in [0.2, 0.25) is 0 Å². The maximum atomic E-state index is 11.9. The number of aliphatic hydroxyl groups is 1. The number of benzene rings is 2. The molecule has 36 heavy (non-hydrogen) atoms. The van der Waals surface area contributed by atoms with Crippen molar-refractivity contribution < 1.29 is 47.9 Å². The number of aliphatic hydroxyl groups excluding tert-OH is 1. The zero-order valence-corrected chi connectivity index (χ0v) is 19.9. The van der Waals surface area contributed by atoms with E-state index in [1.807, 2.05) is 0 Å². The molecule has 0 aliphatic carbocycles. The van der Waals surface area contributed by atoms with Gasteiger partial charge in [0.25, 0.3) is 0 Å². The smallest absolute Gasteiger partial charge is 0.338 e. The molecule has 10 heteroatoms. The first kappa shape index (κ1) is 24.8. The summed E-state index contributed by atoms with van der Waals surface area (Å²) >= 11 is 0. The Morgan fingerprint density at radius 1 is 0.694 bits per heavy atom. The maximum absolute atomic E-state index is 11.9. The summed E-state index contributed by atoms with van der Waals surface area (Å²) in [6, 6.07) is 13.5. The van der Waals surface area contributed by atoms with Crippen molar-refractivity contribution in [3.8, 4) is 0 Å². The molecule has 10 nitrogen and oxygen atoms in total. The van der Waals surface area contributed by atoms with E-state index in [4.69, 9.17) is 33.2 Å². The van der Waals surface area contributed by atoms with Crippen LogP contribution >= 0.6 is 0 Å². The van der Waals surface area contributed by atoms with Gasteiger partial charge in [-0.15, -0.1) is 0 Å². The lowest BCUT2D eigenvalue weighted by Crippen LogP contribution is -2.50. The van der Waals surface area contributed by atoms with Gasteiger partial charge in [-0.05, 0) is 38.1 Å². The van der Waals surface area contributed by atoms with Crippen molar-refractivity contribution >= 4 is 11.9 Å². The van der Waals surface area contributed by atoms with Gasteiger partial charge in [-0.2, -0.15) is 0 Å². The van der Waals surface area contributed by atoms with Gasteiger partial charge >= 0.3 is 11.9 Å². The highest BCUT2D eigenvalue weighted by atomic mass is 16.8. The number of rotatable bonds is 7. The highest BCUT2D eigenvalue weighted by Gasteiger charge is 2.58. The molecular formula is C26H28O10. The maximum Gasteiger partial charge on any atom is 0.338 e. The normalized spacial score (nSPS) is 30.9. The van der Waals surface area contributed by atoms with Crippen molar-refractivity contribution in [2.45, 2.75) is 57.1 Å². The molecule has 0 radical (unpaired) electrons. The molecule has 3 fully saturated rings. The van der Waals surface area contributed by atoms with Gasteiger partial charge < -0.3 is 38.3 Å². The third-order valence-electron chi connectivity index (χ3n) is 6.26. The molecule has 0 spiro atoms. The van der Waals surface area contributed by atoms with Crippen LogP contribution < -0.4 is 0 Å². The number of hydrogen-bond acceptors (Lipinski definition) is 10. The Bertz CT molecular complexity index is 1070. The van der Waals surface area contributed by atoms with E-state index in [-0.39, 0.29) is 13.2 Å². The molecule has 0 bridgehead atoms. The minimum Gasteiger partial charge on any atom is -0.462 e. The summed E-state index contributed by atoms with van der Waals surface area (Å²) in [5.41, 5.74) is 2.25. The Hall–Kier alpha value is -2.86. The fourth-order valence-corrected chi connectivity index (χ4v) is 4.51. The summed E-state index contributed by atoms with van der Waals surface area (Å²) in [5.74, 6) is -0.806. The van der Waals surface area contributed by atoms with Gasteiger partial charge in [-0.25, -0.2) is 9.59 Å². The van der Waals surface area contributed by atoms with Crippen LogP contribution in [0.15, 0.2) is 48.5 Å². The molecular weight excluding hydrogens is 472 g/mol. The van der Waals surface area contributed by atoms with Gasteiger partial charge in [-0.1, -0.05) is 24.3 Å². The van der Waals surface area contributed by atoms with E-state index >= 15 is 0 Å². The summed E-state index contributed by atoms with van der Waals surface area (Å²) in [7, 11) is 0. The first-order valence-corrected chi connectivity index (χ1v) is 11.9. The van der Waals surface area contributed by atoms with E-state index < -0.39 is 55.2 Å². The number of carbonyl (C=O) groups is 2. The van der Waals surface area contributed by atoms with Crippen LogP contribution in [-0.4, -0.2) is 67.6 Å². The first-order valence-electron chi connectivity index (χ1n) is 11.9. The van der Waals surface area contributed by atoms with E-state index in [0.717, 1.165) is 5.56 Å². The van der Waals surface area contributed by atoms with E-state index in [2.05, 4.69) is 0 Å². The molecule has 1 N–H and O–H groups in total. The molecule has 5 rings (SSSR count). The second-order valence-corrected chi connectivity index (χ2v) is 8.51. The second-order valence-electron chi connectivity index (χ2n) is 8.51. The number of ether oxygens (including phenoxy) is 7. The predicted octanol–water partition coefficient (Wildman–Crippen LogP) is 2.65. The van der Waals surface area contributed by atoms with E-state index in [1.165, 1.54) is 0 Å². The Balaban J connectivity index is 1.28. The Kier molecular flexibility index (Phi) is 7.33. The summed E-state index contributed by atoms with van der Waals surface area (Å²) in [6.45, 7) is 3.81. The third kappa shape index (κ3) is 4.75. The van der Waals surface area contributed by atoms with Gasteiger partial charge in [0.1, 0.15) is 24.4 Å². The SMILES string of the molecule is CCOC(=O)c1ccc(C2OC3OC4C(CO)OC(c5ccc(C(=O)OCC)cc5)OC4C3O2)cc1. The molecule has 0 aromatic heterocycles. The Morgan fingerprint density at radius 3 is 1.69 bits per heavy atom. The molecule has 3 saturated heterocycles. The van der Waals surface area contributed by atoms with Gasteiger partial charge in [0, 0.05) is 11.1 Å². The molecule has 3 aliphatic rings. The van der Waals surface area contributed by atoms with Crippen molar-refractivity contribution in [3.05, 3.63) is 70.8 Å². The number of carbonyl (C=O) groups excluding carboxylic acids is 2. The Labute approximate surface area is 207 Å². The number of hydrogen-bond donors (Lipinski definition) is 1. The summed E-state index contributed by atoms with van der Waals surface area (Å²) < 4.78 is 40.3.